The highest BCUT2D eigenvalue weighted by Crippen LogP contribution is 2.14. The Kier molecular flexibility index (Phi) is 4.05. The predicted molar refractivity (Wildman–Crippen MR) is 68.5 cm³/mol. The van der Waals surface area contributed by atoms with Crippen molar-refractivity contribution >= 4 is 11.9 Å². The van der Waals surface area contributed by atoms with Crippen LogP contribution in [0.2, 0.25) is 0 Å². The molecule has 2 N–H and O–H groups in total. The van der Waals surface area contributed by atoms with Gasteiger partial charge in [0.15, 0.2) is 6.04 Å². The Morgan fingerprint density at radius 3 is 2.45 bits per heavy atom. The molecule has 1 aromatic heterocycles. The van der Waals surface area contributed by atoms with E-state index < -0.39 is 23.9 Å². The summed E-state index contributed by atoms with van der Waals surface area (Å²) in [6.07, 6.45) is 1.21. The monoisotopic (exact) mass is 274 g/mol. The molecule has 2 aromatic rings. The standard InChI is InChI=1S/C14H11FN2O3/c15-12-10(7-4-8-16-12)13(18)17-11(14(19)20)9-5-2-1-3-6-9/h1-8,11H,(H,17,18)(H,19,20)/t11-/m0/s1. The zero-order chi connectivity index (χ0) is 14.5. The van der Waals surface area contributed by atoms with E-state index >= 15 is 0 Å². The van der Waals surface area contributed by atoms with Crippen molar-refractivity contribution in [2.45, 2.75) is 6.04 Å². The Balaban J connectivity index is 2.24. The van der Waals surface area contributed by atoms with Crippen molar-refractivity contribution in [2.75, 3.05) is 0 Å². The van der Waals surface area contributed by atoms with Crippen LogP contribution in [0.4, 0.5) is 4.39 Å². The van der Waals surface area contributed by atoms with Crippen molar-refractivity contribution in [3.05, 3.63) is 65.7 Å². The molecule has 6 heteroatoms. The minimum absolute atomic E-state index is 0.297. The number of rotatable bonds is 4. The first kappa shape index (κ1) is 13.7. The number of carboxylic acids is 1. The molecule has 1 aromatic carbocycles. The normalized spacial score (nSPS) is 11.7. The van der Waals surface area contributed by atoms with Gasteiger partial charge in [0, 0.05) is 6.20 Å². The first-order valence-electron chi connectivity index (χ1n) is 5.78. The molecule has 0 radical (unpaired) electrons. The van der Waals surface area contributed by atoms with Gasteiger partial charge in [0.25, 0.3) is 5.91 Å². The number of aliphatic carboxylic acids is 1. The van der Waals surface area contributed by atoms with Crippen LogP contribution in [-0.2, 0) is 4.79 Å². The van der Waals surface area contributed by atoms with E-state index in [1.54, 1.807) is 30.3 Å². The third-order valence-corrected chi connectivity index (χ3v) is 2.66. The second-order valence-corrected chi connectivity index (χ2v) is 4.00. The topological polar surface area (TPSA) is 79.3 Å². The first-order chi connectivity index (χ1) is 9.59. The largest absolute Gasteiger partial charge is 0.479 e. The van der Waals surface area contributed by atoms with Gasteiger partial charge in [0.2, 0.25) is 5.95 Å². The summed E-state index contributed by atoms with van der Waals surface area (Å²) in [6, 6.07) is 9.56. The average molecular weight is 274 g/mol. The number of pyridine rings is 1. The maximum Gasteiger partial charge on any atom is 0.330 e. The van der Waals surface area contributed by atoms with Crippen LogP contribution in [0.15, 0.2) is 48.7 Å². The zero-order valence-corrected chi connectivity index (χ0v) is 10.3. The van der Waals surface area contributed by atoms with Crippen molar-refractivity contribution in [1.82, 2.24) is 10.3 Å². The Morgan fingerprint density at radius 1 is 1.15 bits per heavy atom. The summed E-state index contributed by atoms with van der Waals surface area (Å²) in [5.41, 5.74) is 0.104. The highest BCUT2D eigenvalue weighted by atomic mass is 19.1. The van der Waals surface area contributed by atoms with E-state index in [-0.39, 0.29) is 5.56 Å². The molecule has 0 aliphatic rings. The fourth-order valence-corrected chi connectivity index (χ4v) is 1.70. The summed E-state index contributed by atoms with van der Waals surface area (Å²) in [5.74, 6) is -3.00. The fraction of sp³-hybridized carbons (Fsp3) is 0.0714. The van der Waals surface area contributed by atoms with Gasteiger partial charge in [-0.05, 0) is 17.7 Å². The Labute approximate surface area is 114 Å². The maximum absolute atomic E-state index is 13.4. The summed E-state index contributed by atoms with van der Waals surface area (Å²) >= 11 is 0. The summed E-state index contributed by atoms with van der Waals surface area (Å²) in [5, 5.41) is 11.4. The number of carbonyl (C=O) groups is 2. The SMILES string of the molecule is O=C(N[C@H](C(=O)O)c1ccccc1)c1cccnc1F. The second-order valence-electron chi connectivity index (χ2n) is 4.00. The van der Waals surface area contributed by atoms with Crippen LogP contribution in [0, 0.1) is 5.95 Å². The first-order valence-corrected chi connectivity index (χ1v) is 5.78. The molecule has 0 saturated carbocycles. The van der Waals surface area contributed by atoms with Gasteiger partial charge in [-0.1, -0.05) is 30.3 Å². The van der Waals surface area contributed by atoms with E-state index in [2.05, 4.69) is 10.3 Å². The van der Waals surface area contributed by atoms with Gasteiger partial charge < -0.3 is 10.4 Å². The summed E-state index contributed by atoms with van der Waals surface area (Å²) in [7, 11) is 0. The van der Waals surface area contributed by atoms with Crippen molar-refractivity contribution in [1.29, 1.82) is 0 Å². The number of benzene rings is 1. The molecule has 1 heterocycles. The number of carbonyl (C=O) groups excluding carboxylic acids is 1. The van der Waals surface area contributed by atoms with E-state index in [0.717, 1.165) is 0 Å². The van der Waals surface area contributed by atoms with Crippen LogP contribution < -0.4 is 5.32 Å². The number of nitrogens with zero attached hydrogens (tertiary/aromatic N) is 1. The zero-order valence-electron chi connectivity index (χ0n) is 10.3. The van der Waals surface area contributed by atoms with E-state index in [9.17, 15) is 14.0 Å². The molecule has 0 unspecified atom stereocenters. The minimum Gasteiger partial charge on any atom is -0.479 e. The van der Waals surface area contributed by atoms with Crippen molar-refractivity contribution < 1.29 is 19.1 Å². The molecule has 1 atom stereocenters. The summed E-state index contributed by atoms with van der Waals surface area (Å²) in [6.45, 7) is 0. The number of carboxylic acid groups (broad SMARTS) is 1. The lowest BCUT2D eigenvalue weighted by atomic mass is 10.1. The summed E-state index contributed by atoms with van der Waals surface area (Å²) in [4.78, 5) is 26.5. The van der Waals surface area contributed by atoms with E-state index in [0.29, 0.717) is 5.56 Å². The van der Waals surface area contributed by atoms with Crippen LogP contribution in [0.5, 0.6) is 0 Å². The average Bonchev–Trinajstić information content (AvgIpc) is 2.45. The number of halogens is 1. The molecule has 0 aliphatic carbocycles. The van der Waals surface area contributed by atoms with Gasteiger partial charge in [-0.15, -0.1) is 0 Å². The molecule has 5 nitrogen and oxygen atoms in total. The lowest BCUT2D eigenvalue weighted by molar-refractivity contribution is -0.139. The number of hydrogen-bond acceptors (Lipinski definition) is 3. The van der Waals surface area contributed by atoms with Gasteiger partial charge in [0.1, 0.15) is 0 Å². The molecule has 102 valence electrons. The number of aromatic nitrogens is 1. The minimum atomic E-state index is -1.25. The third kappa shape index (κ3) is 2.97. The highest BCUT2D eigenvalue weighted by Gasteiger charge is 2.23. The van der Waals surface area contributed by atoms with Crippen LogP contribution >= 0.6 is 0 Å². The Morgan fingerprint density at radius 2 is 1.85 bits per heavy atom. The van der Waals surface area contributed by atoms with E-state index in [1.165, 1.54) is 18.3 Å². The van der Waals surface area contributed by atoms with Crippen molar-refractivity contribution in [3.8, 4) is 0 Å². The number of nitrogens with one attached hydrogen (secondary N) is 1. The van der Waals surface area contributed by atoms with Gasteiger partial charge in [-0.25, -0.2) is 9.78 Å². The van der Waals surface area contributed by atoms with Gasteiger partial charge in [-0.3, -0.25) is 4.79 Å². The van der Waals surface area contributed by atoms with E-state index in [1.807, 2.05) is 0 Å². The van der Waals surface area contributed by atoms with Crippen LogP contribution in [0.1, 0.15) is 22.0 Å². The molecule has 20 heavy (non-hydrogen) atoms. The third-order valence-electron chi connectivity index (χ3n) is 2.66. The smallest absolute Gasteiger partial charge is 0.330 e. The summed E-state index contributed by atoms with van der Waals surface area (Å²) < 4.78 is 13.4. The van der Waals surface area contributed by atoms with Crippen molar-refractivity contribution in [3.63, 3.8) is 0 Å². The van der Waals surface area contributed by atoms with Crippen LogP contribution in [0.3, 0.4) is 0 Å². The molecule has 0 saturated heterocycles. The van der Waals surface area contributed by atoms with E-state index in [4.69, 9.17) is 5.11 Å². The molecule has 0 aliphatic heterocycles. The fourth-order valence-electron chi connectivity index (χ4n) is 1.70. The predicted octanol–water partition coefficient (Wildman–Crippen LogP) is 1.78. The van der Waals surface area contributed by atoms with Crippen LogP contribution in [0.25, 0.3) is 0 Å². The quantitative estimate of drug-likeness (QED) is 0.833. The molecular weight excluding hydrogens is 263 g/mol. The van der Waals surface area contributed by atoms with Gasteiger partial charge in [-0.2, -0.15) is 4.39 Å². The maximum atomic E-state index is 13.4. The van der Waals surface area contributed by atoms with Crippen LogP contribution in [-0.4, -0.2) is 22.0 Å². The lowest BCUT2D eigenvalue weighted by Crippen LogP contribution is -2.34. The molecule has 0 spiro atoms. The molecule has 1 amide bonds. The number of hydrogen-bond donors (Lipinski definition) is 2. The van der Waals surface area contributed by atoms with Crippen molar-refractivity contribution in [2.24, 2.45) is 0 Å². The Hall–Kier alpha value is -2.76. The lowest BCUT2D eigenvalue weighted by Gasteiger charge is -2.14. The molecular formula is C14H11FN2O3. The Bertz CT molecular complexity index is 631. The second kappa shape index (κ2) is 5.92. The highest BCUT2D eigenvalue weighted by molar-refractivity contribution is 5.96. The molecule has 0 fully saturated rings. The molecule has 0 bridgehead atoms. The molecule has 2 rings (SSSR count). The number of amides is 1. The van der Waals surface area contributed by atoms with Gasteiger partial charge >= 0.3 is 5.97 Å². The van der Waals surface area contributed by atoms with Gasteiger partial charge in [0.05, 0.1) is 5.56 Å².